The van der Waals surface area contributed by atoms with Crippen molar-refractivity contribution in [2.75, 3.05) is 11.8 Å². The summed E-state index contributed by atoms with van der Waals surface area (Å²) >= 11 is 5.78. The Morgan fingerprint density at radius 2 is 1.60 bits per heavy atom. The van der Waals surface area contributed by atoms with Crippen LogP contribution in [-0.2, 0) is 10.0 Å². The fourth-order valence-electron chi connectivity index (χ4n) is 2.12. The molecule has 0 saturated heterocycles. The number of hydrogen-bond donors (Lipinski definition) is 1. The zero-order valence-electron chi connectivity index (χ0n) is 13.2. The predicted octanol–water partition coefficient (Wildman–Crippen LogP) is 3.61. The summed E-state index contributed by atoms with van der Waals surface area (Å²) in [4.78, 5) is 0.141. The average molecular weight is 376 g/mol. The molecule has 3 rings (SSSR count). The molecule has 0 saturated carbocycles. The topological polar surface area (TPSA) is 81.2 Å². The van der Waals surface area contributed by atoms with Crippen LogP contribution in [-0.4, -0.2) is 25.7 Å². The summed E-state index contributed by atoms with van der Waals surface area (Å²) in [6.45, 7) is 0. The first-order chi connectivity index (χ1) is 12.0. The van der Waals surface area contributed by atoms with E-state index in [4.69, 9.17) is 16.3 Å². The van der Waals surface area contributed by atoms with E-state index in [1.165, 1.54) is 31.4 Å². The lowest BCUT2D eigenvalue weighted by molar-refractivity contribution is 0.392. The number of sulfonamides is 1. The van der Waals surface area contributed by atoms with Gasteiger partial charge in [-0.3, -0.25) is 4.72 Å². The van der Waals surface area contributed by atoms with Crippen LogP contribution in [0.25, 0.3) is 11.3 Å². The number of methoxy groups -OCH3 is 1. The third kappa shape index (κ3) is 4.07. The van der Waals surface area contributed by atoms with Crippen LogP contribution >= 0.6 is 11.6 Å². The molecule has 1 N–H and O–H groups in total. The summed E-state index contributed by atoms with van der Waals surface area (Å²) in [5.74, 6) is 0.427. The van der Waals surface area contributed by atoms with Gasteiger partial charge in [0.25, 0.3) is 10.0 Å². The zero-order valence-corrected chi connectivity index (χ0v) is 14.8. The van der Waals surface area contributed by atoms with Crippen molar-refractivity contribution in [3.8, 4) is 17.1 Å². The van der Waals surface area contributed by atoms with E-state index < -0.39 is 10.0 Å². The highest BCUT2D eigenvalue weighted by atomic mass is 35.5. The number of ether oxygens (including phenoxy) is 1. The molecule has 128 valence electrons. The number of anilines is 1. The number of aromatic nitrogens is 2. The van der Waals surface area contributed by atoms with Gasteiger partial charge in [-0.25, -0.2) is 8.42 Å². The van der Waals surface area contributed by atoms with Gasteiger partial charge in [0, 0.05) is 22.3 Å². The summed E-state index contributed by atoms with van der Waals surface area (Å²) in [5.41, 5.74) is 1.91. The van der Waals surface area contributed by atoms with Gasteiger partial charge >= 0.3 is 0 Å². The quantitative estimate of drug-likeness (QED) is 0.736. The van der Waals surface area contributed by atoms with Crippen molar-refractivity contribution in [1.82, 2.24) is 10.2 Å². The van der Waals surface area contributed by atoms with E-state index >= 15 is 0 Å². The van der Waals surface area contributed by atoms with Crippen LogP contribution in [0.3, 0.4) is 0 Å². The monoisotopic (exact) mass is 375 g/mol. The first-order valence-corrected chi connectivity index (χ1v) is 9.10. The highest BCUT2D eigenvalue weighted by Gasteiger charge is 2.14. The number of rotatable bonds is 5. The minimum Gasteiger partial charge on any atom is -0.480 e. The Labute approximate surface area is 150 Å². The molecule has 6 nitrogen and oxygen atoms in total. The maximum atomic E-state index is 12.3. The second-order valence-electron chi connectivity index (χ2n) is 5.10. The van der Waals surface area contributed by atoms with Crippen LogP contribution in [0.2, 0.25) is 5.02 Å². The Morgan fingerprint density at radius 1 is 0.920 bits per heavy atom. The molecular weight excluding hydrogens is 362 g/mol. The number of benzene rings is 2. The van der Waals surface area contributed by atoms with Gasteiger partial charge in [-0.15, -0.1) is 10.2 Å². The Bertz CT molecular complexity index is 958. The van der Waals surface area contributed by atoms with E-state index in [9.17, 15) is 8.42 Å². The van der Waals surface area contributed by atoms with Crippen LogP contribution < -0.4 is 9.46 Å². The van der Waals surface area contributed by atoms with E-state index in [0.29, 0.717) is 22.3 Å². The second kappa shape index (κ2) is 7.08. The highest BCUT2D eigenvalue weighted by molar-refractivity contribution is 7.92. The zero-order chi connectivity index (χ0) is 17.9. The maximum Gasteiger partial charge on any atom is 0.261 e. The standard InChI is InChI=1S/C17H14ClN3O3S/c1-24-17-11-10-16(19-20-17)12-2-6-14(7-3-12)21-25(22,23)15-8-4-13(18)5-9-15/h2-11,21H,1H3. The number of hydrogen-bond acceptors (Lipinski definition) is 5. The van der Waals surface area contributed by atoms with Crippen molar-refractivity contribution in [2.24, 2.45) is 0 Å². The van der Waals surface area contributed by atoms with Crippen molar-refractivity contribution in [3.05, 3.63) is 65.7 Å². The molecule has 0 bridgehead atoms. The van der Waals surface area contributed by atoms with Crippen molar-refractivity contribution in [1.29, 1.82) is 0 Å². The third-order valence-corrected chi connectivity index (χ3v) is 5.06. The molecule has 0 amide bonds. The van der Waals surface area contributed by atoms with Crippen LogP contribution in [0.4, 0.5) is 5.69 Å². The summed E-state index contributed by atoms with van der Waals surface area (Å²) in [5, 5.41) is 8.44. The Balaban J connectivity index is 1.79. The lowest BCUT2D eigenvalue weighted by Crippen LogP contribution is -2.12. The average Bonchev–Trinajstić information content (AvgIpc) is 2.62. The minimum atomic E-state index is -3.67. The maximum absolute atomic E-state index is 12.3. The van der Waals surface area contributed by atoms with Gasteiger partial charge in [0.15, 0.2) is 0 Å². The summed E-state index contributed by atoms with van der Waals surface area (Å²) in [7, 11) is -2.15. The lowest BCUT2D eigenvalue weighted by Gasteiger charge is -2.09. The first kappa shape index (κ1) is 17.2. The highest BCUT2D eigenvalue weighted by Crippen LogP contribution is 2.22. The van der Waals surface area contributed by atoms with E-state index in [2.05, 4.69) is 14.9 Å². The Hall–Kier alpha value is -2.64. The SMILES string of the molecule is COc1ccc(-c2ccc(NS(=O)(=O)c3ccc(Cl)cc3)cc2)nn1. The minimum absolute atomic E-state index is 0.141. The number of nitrogens with zero attached hydrogens (tertiary/aromatic N) is 2. The van der Waals surface area contributed by atoms with Crippen LogP contribution in [0.1, 0.15) is 0 Å². The molecule has 0 spiro atoms. The summed E-state index contributed by atoms with van der Waals surface area (Å²) in [6, 6.07) is 16.3. The smallest absolute Gasteiger partial charge is 0.261 e. The van der Waals surface area contributed by atoms with Gasteiger partial charge in [0.1, 0.15) is 0 Å². The fraction of sp³-hybridized carbons (Fsp3) is 0.0588. The molecule has 0 atom stereocenters. The van der Waals surface area contributed by atoms with Crippen molar-refractivity contribution >= 4 is 27.3 Å². The summed E-state index contributed by atoms with van der Waals surface area (Å²) in [6.07, 6.45) is 0. The molecule has 0 aliphatic heterocycles. The molecule has 0 aliphatic carbocycles. The van der Waals surface area contributed by atoms with Gasteiger partial charge in [-0.05, 0) is 42.5 Å². The van der Waals surface area contributed by atoms with E-state index in [1.54, 1.807) is 36.4 Å². The third-order valence-electron chi connectivity index (χ3n) is 3.41. The normalized spacial score (nSPS) is 11.1. The molecule has 0 radical (unpaired) electrons. The fourth-order valence-corrected chi connectivity index (χ4v) is 3.30. The van der Waals surface area contributed by atoms with E-state index in [-0.39, 0.29) is 4.90 Å². The largest absolute Gasteiger partial charge is 0.480 e. The molecule has 1 aromatic heterocycles. The van der Waals surface area contributed by atoms with Gasteiger partial charge in [0.05, 0.1) is 17.7 Å². The summed E-state index contributed by atoms with van der Waals surface area (Å²) < 4.78 is 32.2. The predicted molar refractivity (Wildman–Crippen MR) is 96.3 cm³/mol. The van der Waals surface area contributed by atoms with E-state index in [0.717, 1.165) is 5.56 Å². The second-order valence-corrected chi connectivity index (χ2v) is 7.22. The Morgan fingerprint density at radius 3 is 2.16 bits per heavy atom. The molecular formula is C17H14ClN3O3S. The van der Waals surface area contributed by atoms with Crippen molar-refractivity contribution in [2.45, 2.75) is 4.90 Å². The van der Waals surface area contributed by atoms with Crippen LogP contribution in [0.5, 0.6) is 5.88 Å². The number of halogens is 1. The molecule has 3 aromatic rings. The van der Waals surface area contributed by atoms with Crippen molar-refractivity contribution in [3.63, 3.8) is 0 Å². The molecule has 8 heteroatoms. The van der Waals surface area contributed by atoms with Gasteiger partial charge in [-0.1, -0.05) is 23.7 Å². The molecule has 2 aromatic carbocycles. The number of nitrogens with one attached hydrogen (secondary N) is 1. The molecule has 0 aliphatic rings. The molecule has 0 unspecified atom stereocenters. The molecule has 25 heavy (non-hydrogen) atoms. The van der Waals surface area contributed by atoms with Crippen LogP contribution in [0.15, 0.2) is 65.6 Å². The first-order valence-electron chi connectivity index (χ1n) is 7.24. The molecule has 1 heterocycles. The van der Waals surface area contributed by atoms with Crippen LogP contribution in [0, 0.1) is 0 Å². The molecule has 0 fully saturated rings. The Kier molecular flexibility index (Phi) is 4.87. The van der Waals surface area contributed by atoms with Gasteiger partial charge in [0.2, 0.25) is 5.88 Å². The van der Waals surface area contributed by atoms with E-state index in [1.807, 2.05) is 0 Å². The van der Waals surface area contributed by atoms with Gasteiger partial charge < -0.3 is 4.74 Å². The lowest BCUT2D eigenvalue weighted by atomic mass is 10.1. The van der Waals surface area contributed by atoms with Gasteiger partial charge in [-0.2, -0.15) is 0 Å². The van der Waals surface area contributed by atoms with Crippen molar-refractivity contribution < 1.29 is 13.2 Å².